The normalized spacial score (nSPS) is 12.7. The van der Waals surface area contributed by atoms with Gasteiger partial charge in [0.1, 0.15) is 0 Å². The van der Waals surface area contributed by atoms with E-state index in [1.807, 2.05) is 36.4 Å². The number of aromatic nitrogens is 2. The van der Waals surface area contributed by atoms with E-state index in [1.54, 1.807) is 18.5 Å². The van der Waals surface area contributed by atoms with Crippen molar-refractivity contribution in [3.8, 4) is 33.9 Å². The van der Waals surface area contributed by atoms with E-state index >= 15 is 0 Å². The minimum absolute atomic E-state index is 0.524. The van der Waals surface area contributed by atoms with Gasteiger partial charge in [-0.05, 0) is 0 Å². The van der Waals surface area contributed by atoms with E-state index in [-0.39, 0.29) is 0 Å². The predicted molar refractivity (Wildman–Crippen MR) is 131 cm³/mol. The van der Waals surface area contributed by atoms with Crippen LogP contribution in [0, 0.1) is 0 Å². The minimum atomic E-state index is -2.58. The maximum absolute atomic E-state index is 8.13. The fourth-order valence-electron chi connectivity index (χ4n) is 4.10. The van der Waals surface area contributed by atoms with Gasteiger partial charge in [0.15, 0.2) is 0 Å². The van der Waals surface area contributed by atoms with Crippen LogP contribution < -0.4 is 14.7 Å². The van der Waals surface area contributed by atoms with Crippen molar-refractivity contribution in [2.45, 2.75) is 0 Å². The summed E-state index contributed by atoms with van der Waals surface area (Å²) in [4.78, 5) is 8.99. The Kier molecular flexibility index (Phi) is 4.73. The number of benzene rings is 3. The first-order valence-corrected chi connectivity index (χ1v) is 15.6. The van der Waals surface area contributed by atoms with Crippen LogP contribution in [0.3, 0.4) is 0 Å². The number of ether oxygens (including phenoxy) is 1. The molecule has 1 aliphatic heterocycles. The number of rotatable bonds is 4. The van der Waals surface area contributed by atoms with Gasteiger partial charge in [-0.2, -0.15) is 0 Å². The van der Waals surface area contributed by atoms with Crippen molar-refractivity contribution in [3.05, 3.63) is 115 Å². The number of fused-ring (bicyclic) bond motifs is 3. The maximum atomic E-state index is 8.13. The third kappa shape index (κ3) is 3.51. The van der Waals surface area contributed by atoms with Gasteiger partial charge in [0.05, 0.1) is 0 Å². The Morgan fingerprint density at radius 3 is 2.41 bits per heavy atom. The number of nitrogens with zero attached hydrogens (tertiary/aromatic N) is 2. The van der Waals surface area contributed by atoms with Gasteiger partial charge in [-0.25, -0.2) is 0 Å². The van der Waals surface area contributed by atoms with Crippen LogP contribution in [0.2, 0.25) is 0 Å². The Morgan fingerprint density at radius 2 is 1.50 bits per heavy atom. The van der Waals surface area contributed by atoms with Crippen LogP contribution in [0.15, 0.2) is 115 Å². The zero-order chi connectivity index (χ0) is 22.2. The summed E-state index contributed by atoms with van der Waals surface area (Å²) in [6.07, 6.45) is 3.50. The first-order chi connectivity index (χ1) is 16.3. The van der Waals surface area contributed by atoms with Gasteiger partial charge in [-0.15, -0.1) is 0 Å². The molecule has 3 nitrogen and oxygen atoms in total. The van der Waals surface area contributed by atoms with Crippen LogP contribution in [0.4, 0.5) is 0 Å². The summed E-state index contributed by atoms with van der Waals surface area (Å²) in [6.45, 7) is 0. The molecule has 3 aromatic carbocycles. The van der Waals surface area contributed by atoms with Gasteiger partial charge < -0.3 is 0 Å². The van der Waals surface area contributed by atoms with E-state index in [2.05, 4.69) is 59.6 Å². The van der Waals surface area contributed by atoms with Crippen LogP contribution in [0.5, 0.6) is 11.6 Å². The van der Waals surface area contributed by atoms with Crippen molar-refractivity contribution >= 4 is 31.7 Å². The average molecular weight is 609 g/mol. The van der Waals surface area contributed by atoms with E-state index in [9.17, 15) is 0 Å². The quantitative estimate of drug-likeness (QED) is 0.278. The molecule has 0 bridgehead atoms. The Labute approximate surface area is 196 Å². The van der Waals surface area contributed by atoms with Crippen molar-refractivity contribution in [1.29, 1.82) is 0 Å². The standard InChI is InChI=1S/C23H15NO.C5H4N.Bi/c1-2-7-18(8-3-1)19-12-14-20(15-13-19)21-9-6-10-22(17-21)25-23-11-4-5-16-24-23;1-2-4-6-5-3-1;/h1-7,9-12,14-17H;1-4H;/i;1D;. The molecular weight excluding hydrogens is 589 g/mol. The molecule has 0 saturated heterocycles. The second-order valence-corrected chi connectivity index (χ2v) is 15.6. The van der Waals surface area contributed by atoms with Crippen LogP contribution in [-0.4, -0.2) is 31.7 Å². The van der Waals surface area contributed by atoms with Crippen molar-refractivity contribution in [3.63, 3.8) is 0 Å². The van der Waals surface area contributed by atoms with Crippen LogP contribution in [0.25, 0.3) is 22.3 Å². The molecule has 6 rings (SSSR count). The molecule has 3 heterocycles. The van der Waals surface area contributed by atoms with Crippen molar-refractivity contribution in [1.82, 2.24) is 9.97 Å². The number of hydrogen-bond donors (Lipinski definition) is 0. The second kappa shape index (κ2) is 8.29. The molecule has 0 N–H and O–H groups in total. The molecule has 1 aliphatic rings. The van der Waals surface area contributed by atoms with Gasteiger partial charge in [0.25, 0.3) is 0 Å². The molecule has 0 saturated carbocycles. The first-order valence-electron chi connectivity index (χ1n) is 10.9. The second-order valence-electron chi connectivity index (χ2n) is 7.50. The van der Waals surface area contributed by atoms with Crippen molar-refractivity contribution in [2.75, 3.05) is 0 Å². The Balaban J connectivity index is 1.43. The Morgan fingerprint density at radius 1 is 0.656 bits per heavy atom. The molecule has 4 heteroatoms. The molecule has 0 spiro atoms. The summed E-state index contributed by atoms with van der Waals surface area (Å²) in [5, 5.41) is 0. The molecule has 0 unspecified atom stereocenters. The molecule has 0 aliphatic carbocycles. The molecule has 0 atom stereocenters. The van der Waals surface area contributed by atoms with E-state index in [0.29, 0.717) is 11.9 Å². The summed E-state index contributed by atoms with van der Waals surface area (Å²) in [7, 11) is 0. The van der Waals surface area contributed by atoms with Gasteiger partial charge in [-0.1, -0.05) is 0 Å². The zero-order valence-corrected chi connectivity index (χ0v) is 20.6. The fourth-order valence-corrected chi connectivity index (χ4v) is 13.9. The average Bonchev–Trinajstić information content (AvgIpc) is 3.18. The molecular formula is C28H19BiN2O. The molecule has 0 radical (unpaired) electrons. The molecule has 5 aromatic rings. The van der Waals surface area contributed by atoms with Gasteiger partial charge in [-0.3, -0.25) is 0 Å². The predicted octanol–water partition coefficient (Wildman–Crippen LogP) is 4.43. The monoisotopic (exact) mass is 609 g/mol. The molecule has 0 fully saturated rings. The summed E-state index contributed by atoms with van der Waals surface area (Å²) < 4.78 is 18.0. The summed E-state index contributed by atoms with van der Waals surface area (Å²) in [5.41, 5.74) is 4.90. The third-order valence-corrected chi connectivity index (χ3v) is 15.0. The first kappa shape index (κ1) is 18.2. The van der Waals surface area contributed by atoms with E-state index in [4.69, 9.17) is 11.1 Å². The number of pyridine rings is 2. The van der Waals surface area contributed by atoms with Crippen molar-refractivity contribution in [2.24, 2.45) is 0 Å². The molecule has 2 aromatic heterocycles. The van der Waals surface area contributed by atoms with E-state index in [1.165, 1.54) is 17.7 Å². The Bertz CT molecular complexity index is 1470. The van der Waals surface area contributed by atoms with Crippen molar-refractivity contribution < 1.29 is 6.11 Å². The topological polar surface area (TPSA) is 35.0 Å². The van der Waals surface area contributed by atoms with Crippen LogP contribution in [-0.2, 0) is 0 Å². The zero-order valence-electron chi connectivity index (χ0n) is 18.1. The Hall–Kier alpha value is -3.36. The van der Waals surface area contributed by atoms with Crippen LogP contribution in [0.1, 0.15) is 1.37 Å². The van der Waals surface area contributed by atoms with Gasteiger partial charge >= 0.3 is 197 Å². The fraction of sp³-hybridized carbons (Fsp3) is 0. The summed E-state index contributed by atoms with van der Waals surface area (Å²) in [6, 6.07) is 33.5. The SMILES string of the molecule is [2H]c1ccn[c]([Bi]2[c]3ccccc3-c3ccc(-c4cccc(Oc5ccccn5)c4)c[c]32)c1. The molecule has 0 amide bonds. The van der Waals surface area contributed by atoms with Gasteiger partial charge in [0.2, 0.25) is 0 Å². The van der Waals surface area contributed by atoms with E-state index in [0.717, 1.165) is 20.3 Å². The third-order valence-electron chi connectivity index (χ3n) is 5.52. The van der Waals surface area contributed by atoms with Crippen LogP contribution >= 0.6 is 0 Å². The molecule has 152 valence electrons. The van der Waals surface area contributed by atoms with Gasteiger partial charge in [0, 0.05) is 0 Å². The summed E-state index contributed by atoms with van der Waals surface area (Å²) >= 11 is -2.58. The summed E-state index contributed by atoms with van der Waals surface area (Å²) in [5.74, 6) is 1.34. The van der Waals surface area contributed by atoms with E-state index < -0.39 is 21.8 Å². The number of hydrogen-bond acceptors (Lipinski definition) is 3. The molecule has 32 heavy (non-hydrogen) atoms.